The van der Waals surface area contributed by atoms with E-state index in [1.54, 1.807) is 24.3 Å². The molecular formula is C19H15F3N2OS. The molecule has 1 fully saturated rings. The lowest BCUT2D eigenvalue weighted by molar-refractivity contribution is -0.0498. The molecule has 26 heavy (non-hydrogen) atoms. The molecule has 0 amide bonds. The van der Waals surface area contributed by atoms with Crippen LogP contribution in [0.15, 0.2) is 58.9 Å². The molecule has 0 spiro atoms. The quantitative estimate of drug-likeness (QED) is 0.575. The third-order valence-electron chi connectivity index (χ3n) is 4.08. The summed E-state index contributed by atoms with van der Waals surface area (Å²) in [5.74, 6) is -0.162. The maximum Gasteiger partial charge on any atom is 0.387 e. The summed E-state index contributed by atoms with van der Waals surface area (Å²) in [6, 6.07) is 13.0. The molecule has 0 atom stereocenters. The second-order valence-electron chi connectivity index (χ2n) is 6.00. The molecule has 1 aliphatic carbocycles. The minimum atomic E-state index is -2.83. The smallest absolute Gasteiger partial charge is 0.387 e. The molecule has 7 heteroatoms. The minimum Gasteiger partial charge on any atom is -0.435 e. The van der Waals surface area contributed by atoms with Gasteiger partial charge >= 0.3 is 6.61 Å². The predicted octanol–water partition coefficient (Wildman–Crippen LogP) is 5.52. The van der Waals surface area contributed by atoms with Crippen molar-refractivity contribution in [3.63, 3.8) is 0 Å². The van der Waals surface area contributed by atoms with Crippen LogP contribution in [-0.4, -0.2) is 11.2 Å². The zero-order valence-electron chi connectivity index (χ0n) is 13.6. The zero-order chi connectivity index (χ0) is 18.1. The Morgan fingerprint density at radius 3 is 2.35 bits per heavy atom. The van der Waals surface area contributed by atoms with Crippen molar-refractivity contribution in [2.75, 3.05) is 0 Å². The maximum absolute atomic E-state index is 13.1. The molecule has 1 aliphatic rings. The first-order chi connectivity index (χ1) is 12.6. The van der Waals surface area contributed by atoms with Gasteiger partial charge in [0.05, 0.1) is 11.4 Å². The lowest BCUT2D eigenvalue weighted by atomic mass is 10.1. The lowest BCUT2D eigenvalue weighted by Crippen LogP contribution is -2.14. The summed E-state index contributed by atoms with van der Waals surface area (Å²) in [5, 5.41) is 2.00. The van der Waals surface area contributed by atoms with Gasteiger partial charge in [-0.25, -0.2) is 9.38 Å². The van der Waals surface area contributed by atoms with E-state index < -0.39 is 6.61 Å². The highest BCUT2D eigenvalue weighted by atomic mass is 32.1. The number of hydrogen-bond donors (Lipinski definition) is 0. The van der Waals surface area contributed by atoms with Gasteiger partial charge in [0.1, 0.15) is 11.6 Å². The van der Waals surface area contributed by atoms with Gasteiger partial charge < -0.3 is 9.30 Å². The van der Waals surface area contributed by atoms with Crippen LogP contribution in [0, 0.1) is 5.82 Å². The molecule has 0 unspecified atom stereocenters. The van der Waals surface area contributed by atoms with E-state index in [0.29, 0.717) is 11.7 Å². The normalized spacial score (nSPS) is 14.8. The van der Waals surface area contributed by atoms with Crippen molar-refractivity contribution in [3.05, 3.63) is 64.5 Å². The Morgan fingerprint density at radius 1 is 1.04 bits per heavy atom. The lowest BCUT2D eigenvalue weighted by Gasteiger charge is -2.09. The maximum atomic E-state index is 13.1. The molecule has 134 valence electrons. The van der Waals surface area contributed by atoms with Gasteiger partial charge in [-0.15, -0.1) is 11.3 Å². The number of hydrogen-bond acceptors (Lipinski definition) is 3. The molecule has 0 N–H and O–H groups in total. The Hall–Kier alpha value is -2.54. The summed E-state index contributed by atoms with van der Waals surface area (Å²) < 4.78 is 44.2. The fourth-order valence-corrected chi connectivity index (χ4v) is 3.72. The number of alkyl halides is 2. The average Bonchev–Trinajstić information content (AvgIpc) is 3.38. The Labute approximate surface area is 152 Å². The molecule has 0 aliphatic heterocycles. The van der Waals surface area contributed by atoms with Crippen molar-refractivity contribution >= 4 is 17.0 Å². The highest BCUT2D eigenvalue weighted by Crippen LogP contribution is 2.38. The van der Waals surface area contributed by atoms with Crippen molar-refractivity contribution in [2.24, 2.45) is 4.99 Å². The van der Waals surface area contributed by atoms with Gasteiger partial charge in [-0.3, -0.25) is 0 Å². The molecule has 2 aromatic carbocycles. The molecule has 3 aromatic rings. The van der Waals surface area contributed by atoms with Crippen LogP contribution in [0.2, 0.25) is 0 Å². The third-order valence-corrected chi connectivity index (χ3v) is 4.92. The highest BCUT2D eigenvalue weighted by Gasteiger charge is 2.27. The van der Waals surface area contributed by atoms with Crippen LogP contribution in [0.1, 0.15) is 18.9 Å². The third kappa shape index (κ3) is 3.67. The van der Waals surface area contributed by atoms with Crippen molar-refractivity contribution in [3.8, 4) is 17.0 Å². The second kappa shape index (κ2) is 6.99. The Balaban J connectivity index is 1.71. The van der Waals surface area contributed by atoms with E-state index in [1.807, 2.05) is 5.38 Å². The highest BCUT2D eigenvalue weighted by molar-refractivity contribution is 7.07. The average molecular weight is 376 g/mol. The second-order valence-corrected chi connectivity index (χ2v) is 6.83. The molecule has 1 aromatic heterocycles. The Kier molecular flexibility index (Phi) is 4.55. The summed E-state index contributed by atoms with van der Waals surface area (Å²) in [4.78, 5) is 5.47. The molecule has 0 radical (unpaired) electrons. The van der Waals surface area contributed by atoms with Gasteiger partial charge in [0.15, 0.2) is 4.80 Å². The first kappa shape index (κ1) is 16.9. The number of aromatic nitrogens is 1. The molecule has 0 bridgehead atoms. The number of rotatable bonds is 5. The van der Waals surface area contributed by atoms with Crippen molar-refractivity contribution in [1.82, 2.24) is 4.57 Å². The largest absolute Gasteiger partial charge is 0.435 e. The fraction of sp³-hybridized carbons (Fsp3) is 0.211. The van der Waals surface area contributed by atoms with Crippen LogP contribution in [-0.2, 0) is 0 Å². The zero-order valence-corrected chi connectivity index (χ0v) is 14.4. The summed E-state index contributed by atoms with van der Waals surface area (Å²) in [6.07, 6.45) is 2.15. The first-order valence-corrected chi connectivity index (χ1v) is 9.04. The number of halogens is 3. The van der Waals surface area contributed by atoms with Gasteiger partial charge in [-0.2, -0.15) is 8.78 Å². The van der Waals surface area contributed by atoms with E-state index in [-0.39, 0.29) is 11.6 Å². The van der Waals surface area contributed by atoms with Gasteiger partial charge in [0.2, 0.25) is 0 Å². The summed E-state index contributed by atoms with van der Waals surface area (Å²) in [5.41, 5.74) is 2.59. The molecule has 3 nitrogen and oxygen atoms in total. The van der Waals surface area contributed by atoms with E-state index in [4.69, 9.17) is 0 Å². The van der Waals surface area contributed by atoms with Crippen molar-refractivity contribution < 1.29 is 17.9 Å². The van der Waals surface area contributed by atoms with Crippen LogP contribution in [0.25, 0.3) is 11.3 Å². The topological polar surface area (TPSA) is 26.5 Å². The van der Waals surface area contributed by atoms with Crippen LogP contribution in [0.5, 0.6) is 5.75 Å². The van der Waals surface area contributed by atoms with Gasteiger partial charge in [0, 0.05) is 11.4 Å². The van der Waals surface area contributed by atoms with E-state index in [0.717, 1.165) is 28.9 Å². The van der Waals surface area contributed by atoms with Gasteiger partial charge in [-0.05, 0) is 66.9 Å². The number of benzene rings is 2. The van der Waals surface area contributed by atoms with Crippen LogP contribution >= 0.6 is 11.3 Å². The summed E-state index contributed by atoms with van der Waals surface area (Å²) >= 11 is 1.50. The molecule has 1 saturated carbocycles. The minimum absolute atomic E-state index is 0.133. The van der Waals surface area contributed by atoms with E-state index in [2.05, 4.69) is 14.3 Å². The summed E-state index contributed by atoms with van der Waals surface area (Å²) in [6.45, 7) is -2.83. The molecular weight excluding hydrogens is 361 g/mol. The molecule has 0 saturated heterocycles. The number of nitrogens with zero attached hydrogens (tertiary/aromatic N) is 2. The van der Waals surface area contributed by atoms with E-state index in [9.17, 15) is 13.2 Å². The van der Waals surface area contributed by atoms with Crippen LogP contribution < -0.4 is 9.54 Å². The SMILES string of the molecule is Fc1ccc(N=c2scc(-c3ccc(OC(F)F)cc3)n2C2CC2)cc1. The van der Waals surface area contributed by atoms with Crippen molar-refractivity contribution in [2.45, 2.75) is 25.5 Å². The summed E-state index contributed by atoms with van der Waals surface area (Å²) in [7, 11) is 0. The van der Waals surface area contributed by atoms with Crippen molar-refractivity contribution in [1.29, 1.82) is 0 Å². The predicted molar refractivity (Wildman–Crippen MR) is 94.3 cm³/mol. The van der Waals surface area contributed by atoms with Gasteiger partial charge in [0.25, 0.3) is 0 Å². The molecule has 4 rings (SSSR count). The van der Waals surface area contributed by atoms with E-state index >= 15 is 0 Å². The van der Waals surface area contributed by atoms with Crippen LogP contribution in [0.4, 0.5) is 18.9 Å². The molecule has 1 heterocycles. The van der Waals surface area contributed by atoms with E-state index in [1.165, 1.54) is 35.6 Å². The number of ether oxygens (including phenoxy) is 1. The van der Waals surface area contributed by atoms with Crippen LogP contribution in [0.3, 0.4) is 0 Å². The standard InChI is InChI=1S/C19H15F3N2OS/c20-13-3-5-14(6-4-13)23-19-24(15-7-8-15)17(11-26-19)12-1-9-16(10-2-12)25-18(21)22/h1-6,9-11,15,18H,7-8H2. The van der Waals surface area contributed by atoms with Gasteiger partial charge in [-0.1, -0.05) is 0 Å². The number of thiazole rings is 1. The fourth-order valence-electron chi connectivity index (χ4n) is 2.73. The first-order valence-electron chi connectivity index (χ1n) is 8.16. The Bertz CT molecular complexity index is 958. The Morgan fingerprint density at radius 2 is 1.73 bits per heavy atom. The monoisotopic (exact) mass is 376 g/mol.